The third-order valence-corrected chi connectivity index (χ3v) is 6.90. The van der Waals surface area contributed by atoms with Gasteiger partial charge in [-0.25, -0.2) is 8.42 Å². The quantitative estimate of drug-likeness (QED) is 0.636. The number of sulfonamides is 1. The Kier molecular flexibility index (Phi) is 6.99. The molecule has 1 aromatic heterocycles. The highest BCUT2D eigenvalue weighted by molar-refractivity contribution is 7.92. The van der Waals surface area contributed by atoms with Gasteiger partial charge in [0.2, 0.25) is 15.9 Å². The van der Waals surface area contributed by atoms with Crippen LogP contribution in [0.15, 0.2) is 36.7 Å². The van der Waals surface area contributed by atoms with Gasteiger partial charge in [-0.1, -0.05) is 26.0 Å². The molecular formula is C24H33N5O3S. The van der Waals surface area contributed by atoms with E-state index >= 15 is 0 Å². The lowest BCUT2D eigenvalue weighted by atomic mass is 10.0. The lowest BCUT2D eigenvalue weighted by molar-refractivity contribution is -0.136. The van der Waals surface area contributed by atoms with E-state index in [9.17, 15) is 13.2 Å². The minimum Gasteiger partial charge on any atom is -0.342 e. The van der Waals surface area contributed by atoms with Crippen molar-refractivity contribution in [3.05, 3.63) is 42.4 Å². The smallest absolute Gasteiger partial charge is 0.229 e. The summed E-state index contributed by atoms with van der Waals surface area (Å²) in [5, 5.41) is 0. The van der Waals surface area contributed by atoms with Crippen LogP contribution in [0.4, 0.5) is 5.69 Å². The van der Waals surface area contributed by atoms with Gasteiger partial charge in [-0.15, -0.1) is 0 Å². The van der Waals surface area contributed by atoms with Crippen molar-refractivity contribution < 1.29 is 13.2 Å². The number of carbonyl (C=O) groups is 1. The average molecular weight is 472 g/mol. The van der Waals surface area contributed by atoms with Crippen LogP contribution in [0.1, 0.15) is 45.2 Å². The zero-order valence-corrected chi connectivity index (χ0v) is 20.4. The van der Waals surface area contributed by atoms with Crippen molar-refractivity contribution in [2.24, 2.45) is 5.92 Å². The molecule has 0 bridgehead atoms. The summed E-state index contributed by atoms with van der Waals surface area (Å²) in [6.45, 7) is 6.37. The zero-order valence-electron chi connectivity index (χ0n) is 19.6. The van der Waals surface area contributed by atoms with E-state index in [-0.39, 0.29) is 11.8 Å². The number of anilines is 1. The number of likely N-dealkylation sites (tertiary alicyclic amines) is 1. The van der Waals surface area contributed by atoms with E-state index in [0.29, 0.717) is 17.8 Å². The van der Waals surface area contributed by atoms with E-state index in [1.54, 1.807) is 18.3 Å². The molecule has 2 aromatic rings. The minimum atomic E-state index is -3.30. The molecule has 1 saturated heterocycles. The molecule has 2 fully saturated rings. The molecule has 0 atom stereocenters. The Morgan fingerprint density at radius 3 is 2.21 bits per heavy atom. The molecule has 1 aliphatic heterocycles. The topological polar surface area (TPSA) is 95.5 Å². The highest BCUT2D eigenvalue weighted by Gasteiger charge is 2.36. The average Bonchev–Trinajstić information content (AvgIpc) is 3.62. The van der Waals surface area contributed by atoms with Crippen molar-refractivity contribution >= 4 is 21.6 Å². The van der Waals surface area contributed by atoms with Gasteiger partial charge in [-0.05, 0) is 37.8 Å². The number of carbonyl (C=O) groups excluding carboxylic acids is 1. The zero-order chi connectivity index (χ0) is 23.6. The Morgan fingerprint density at radius 1 is 1.06 bits per heavy atom. The SMILES string of the molecule is CC(C)C(=O)N1CCC(N(Cc2cnc(-c3ccc(NS(C)(=O)=O)cc3)cn2)C2CC2)CC1. The summed E-state index contributed by atoms with van der Waals surface area (Å²) < 4.78 is 25.2. The van der Waals surface area contributed by atoms with Gasteiger partial charge in [0.1, 0.15) is 0 Å². The minimum absolute atomic E-state index is 0.0574. The third kappa shape index (κ3) is 6.29. The van der Waals surface area contributed by atoms with Crippen LogP contribution >= 0.6 is 0 Å². The first-order chi connectivity index (χ1) is 15.7. The second-order valence-electron chi connectivity index (χ2n) is 9.46. The standard InChI is InChI=1S/C24H33N5O3S/c1-17(2)24(30)28-12-10-22(11-13-28)29(21-8-9-21)16-20-14-26-23(15-25-20)18-4-6-19(7-5-18)27-33(3,31)32/h4-7,14-15,17,21-22,27H,8-13,16H2,1-3H3. The van der Waals surface area contributed by atoms with Crippen molar-refractivity contribution in [1.82, 2.24) is 19.8 Å². The number of benzene rings is 1. The Hall–Kier alpha value is -2.52. The van der Waals surface area contributed by atoms with E-state index in [1.807, 2.05) is 37.1 Å². The normalized spacial score (nSPS) is 17.5. The van der Waals surface area contributed by atoms with Crippen molar-refractivity contribution in [1.29, 1.82) is 0 Å². The summed E-state index contributed by atoms with van der Waals surface area (Å²) in [4.78, 5) is 26.2. The summed E-state index contributed by atoms with van der Waals surface area (Å²) >= 11 is 0. The molecule has 4 rings (SSSR count). The first-order valence-corrected chi connectivity index (χ1v) is 13.5. The van der Waals surface area contributed by atoms with Gasteiger partial charge in [0.05, 0.1) is 30.0 Å². The van der Waals surface area contributed by atoms with Crippen molar-refractivity contribution in [2.75, 3.05) is 24.1 Å². The number of nitrogens with zero attached hydrogens (tertiary/aromatic N) is 4. The molecule has 0 radical (unpaired) electrons. The molecule has 33 heavy (non-hydrogen) atoms. The van der Waals surface area contributed by atoms with Gasteiger partial charge in [0.25, 0.3) is 0 Å². The van der Waals surface area contributed by atoms with Crippen molar-refractivity contribution in [3.63, 3.8) is 0 Å². The predicted molar refractivity (Wildman–Crippen MR) is 129 cm³/mol. The molecule has 178 valence electrons. The highest BCUT2D eigenvalue weighted by Crippen LogP contribution is 2.33. The van der Waals surface area contributed by atoms with E-state index < -0.39 is 10.0 Å². The molecule has 8 nitrogen and oxygen atoms in total. The van der Waals surface area contributed by atoms with Crippen LogP contribution in [-0.4, -0.2) is 65.5 Å². The number of hydrogen-bond acceptors (Lipinski definition) is 6. The molecule has 2 heterocycles. The molecule has 1 amide bonds. The highest BCUT2D eigenvalue weighted by atomic mass is 32.2. The van der Waals surface area contributed by atoms with E-state index in [0.717, 1.165) is 55.7 Å². The Bertz CT molecular complexity index is 1060. The van der Waals surface area contributed by atoms with E-state index in [2.05, 4.69) is 19.6 Å². The number of piperidine rings is 1. The molecule has 9 heteroatoms. The Balaban J connectivity index is 1.38. The first kappa shape index (κ1) is 23.6. The van der Waals surface area contributed by atoms with Gasteiger partial charge in [0.15, 0.2) is 0 Å². The number of rotatable bonds is 8. The molecule has 1 N–H and O–H groups in total. The number of hydrogen-bond donors (Lipinski definition) is 1. The van der Waals surface area contributed by atoms with Crippen molar-refractivity contribution in [2.45, 2.75) is 58.2 Å². The molecule has 0 spiro atoms. The molecule has 0 unspecified atom stereocenters. The fraction of sp³-hybridized carbons (Fsp3) is 0.542. The monoisotopic (exact) mass is 471 g/mol. The van der Waals surface area contributed by atoms with Crippen LogP contribution in [0.5, 0.6) is 0 Å². The summed E-state index contributed by atoms with van der Waals surface area (Å²) in [7, 11) is -3.30. The fourth-order valence-corrected chi connectivity index (χ4v) is 5.01. The summed E-state index contributed by atoms with van der Waals surface area (Å²) in [5.74, 6) is 0.315. The maximum atomic E-state index is 12.3. The van der Waals surface area contributed by atoms with Crippen LogP contribution in [-0.2, 0) is 21.4 Å². The van der Waals surface area contributed by atoms with Gasteiger partial charge < -0.3 is 4.90 Å². The summed E-state index contributed by atoms with van der Waals surface area (Å²) in [5.41, 5.74) is 3.10. The number of aromatic nitrogens is 2. The maximum Gasteiger partial charge on any atom is 0.229 e. The Morgan fingerprint density at radius 2 is 1.70 bits per heavy atom. The van der Waals surface area contributed by atoms with Crippen LogP contribution in [0, 0.1) is 5.92 Å². The first-order valence-electron chi connectivity index (χ1n) is 11.6. The van der Waals surface area contributed by atoms with Gasteiger partial charge in [-0.3, -0.25) is 24.4 Å². The fourth-order valence-electron chi connectivity index (χ4n) is 4.44. The van der Waals surface area contributed by atoms with Gasteiger partial charge >= 0.3 is 0 Å². The molecular weight excluding hydrogens is 438 g/mol. The second-order valence-corrected chi connectivity index (χ2v) is 11.2. The van der Waals surface area contributed by atoms with Gasteiger partial charge in [0, 0.05) is 48.9 Å². The summed E-state index contributed by atoms with van der Waals surface area (Å²) in [6, 6.07) is 8.19. The molecule has 1 aromatic carbocycles. The van der Waals surface area contributed by atoms with Crippen LogP contribution in [0.25, 0.3) is 11.3 Å². The van der Waals surface area contributed by atoms with Crippen LogP contribution in [0.2, 0.25) is 0 Å². The maximum absolute atomic E-state index is 12.3. The van der Waals surface area contributed by atoms with Crippen LogP contribution in [0.3, 0.4) is 0 Å². The third-order valence-electron chi connectivity index (χ3n) is 6.29. The summed E-state index contributed by atoms with van der Waals surface area (Å²) in [6.07, 6.45) is 9.22. The Labute approximate surface area is 196 Å². The van der Waals surface area contributed by atoms with E-state index in [4.69, 9.17) is 0 Å². The number of nitrogens with one attached hydrogen (secondary N) is 1. The molecule has 1 aliphatic carbocycles. The number of amides is 1. The molecule has 2 aliphatic rings. The lowest BCUT2D eigenvalue weighted by Crippen LogP contribution is -2.48. The van der Waals surface area contributed by atoms with Crippen LogP contribution < -0.4 is 4.72 Å². The second kappa shape index (κ2) is 9.77. The van der Waals surface area contributed by atoms with Crippen molar-refractivity contribution in [3.8, 4) is 11.3 Å². The molecule has 1 saturated carbocycles. The largest absolute Gasteiger partial charge is 0.342 e. The van der Waals surface area contributed by atoms with Gasteiger partial charge in [-0.2, -0.15) is 0 Å². The predicted octanol–water partition coefficient (Wildman–Crippen LogP) is 3.13. The lowest BCUT2D eigenvalue weighted by Gasteiger charge is -2.39. The van der Waals surface area contributed by atoms with E-state index in [1.165, 1.54) is 12.8 Å².